The molecule has 0 aliphatic rings. The van der Waals surface area contributed by atoms with E-state index in [4.69, 9.17) is 16.7 Å². The Hall–Kier alpha value is -0.580. The van der Waals surface area contributed by atoms with E-state index in [1.54, 1.807) is 11.6 Å². The van der Waals surface area contributed by atoms with Crippen LogP contribution in [0.25, 0.3) is 0 Å². The van der Waals surface area contributed by atoms with Gasteiger partial charge in [-0.3, -0.25) is 4.68 Å². The molecule has 0 saturated carbocycles. The summed E-state index contributed by atoms with van der Waals surface area (Å²) in [5.74, 6) is 0. The lowest BCUT2D eigenvalue weighted by molar-refractivity contribution is 0.183. The lowest BCUT2D eigenvalue weighted by Gasteiger charge is -2.06. The summed E-state index contributed by atoms with van der Waals surface area (Å²) in [7, 11) is 1.85. The molecule has 1 aromatic rings. The molecule has 0 aliphatic heterocycles. The van der Waals surface area contributed by atoms with E-state index < -0.39 is 0 Å². The van der Waals surface area contributed by atoms with Crippen LogP contribution in [0.4, 0.5) is 0 Å². The third kappa shape index (κ3) is 3.47. The highest BCUT2D eigenvalue weighted by Gasteiger charge is 2.12. The van der Waals surface area contributed by atoms with Crippen LogP contribution in [0.15, 0.2) is 0 Å². The topological polar surface area (TPSA) is 50.1 Å². The molecule has 0 amide bonds. The van der Waals surface area contributed by atoms with Crippen molar-refractivity contribution in [2.24, 2.45) is 7.05 Å². The molecule has 92 valence electrons. The first-order valence-electron chi connectivity index (χ1n) is 5.65. The number of nitrogens with one attached hydrogen (secondary N) is 1. The van der Waals surface area contributed by atoms with E-state index in [-0.39, 0.29) is 6.10 Å². The number of aryl methyl sites for hydroxylation is 2. The largest absolute Gasteiger partial charge is 0.393 e. The van der Waals surface area contributed by atoms with Crippen molar-refractivity contribution in [3.63, 3.8) is 0 Å². The van der Waals surface area contributed by atoms with Crippen LogP contribution in [-0.2, 0) is 20.0 Å². The third-order valence-electron chi connectivity index (χ3n) is 2.53. The zero-order valence-electron chi connectivity index (χ0n) is 10.1. The van der Waals surface area contributed by atoms with Crippen molar-refractivity contribution >= 4 is 11.6 Å². The highest BCUT2D eigenvalue weighted by molar-refractivity contribution is 6.30. The molecule has 0 bridgehead atoms. The Kier molecular flexibility index (Phi) is 5.25. The van der Waals surface area contributed by atoms with Crippen LogP contribution in [0.5, 0.6) is 0 Å². The van der Waals surface area contributed by atoms with Crippen molar-refractivity contribution in [2.45, 2.75) is 39.3 Å². The van der Waals surface area contributed by atoms with Crippen molar-refractivity contribution in [1.29, 1.82) is 0 Å². The monoisotopic (exact) mass is 245 g/mol. The Morgan fingerprint density at radius 2 is 2.25 bits per heavy atom. The smallest absolute Gasteiger partial charge is 0.131 e. The van der Waals surface area contributed by atoms with Gasteiger partial charge in [-0.1, -0.05) is 18.5 Å². The standard InChI is InChI=1S/C11H20ClN3O/c1-4-10-9(11(12)15(3)14-10)7-13-6-5-8(2)16/h8,13,16H,4-7H2,1-3H3. The number of aliphatic hydroxyl groups is 1. The second-order valence-corrected chi connectivity index (χ2v) is 4.37. The van der Waals surface area contributed by atoms with E-state index >= 15 is 0 Å². The Morgan fingerprint density at radius 3 is 2.81 bits per heavy atom. The van der Waals surface area contributed by atoms with Crippen LogP contribution in [-0.4, -0.2) is 27.5 Å². The summed E-state index contributed by atoms with van der Waals surface area (Å²) in [5.41, 5.74) is 2.11. The Labute approximate surface area is 102 Å². The summed E-state index contributed by atoms with van der Waals surface area (Å²) in [5, 5.41) is 17.4. The maximum atomic E-state index is 9.13. The fourth-order valence-corrected chi connectivity index (χ4v) is 1.80. The molecular formula is C11H20ClN3O. The van der Waals surface area contributed by atoms with Crippen LogP contribution in [0, 0.1) is 0 Å². The summed E-state index contributed by atoms with van der Waals surface area (Å²) in [6.45, 7) is 5.35. The van der Waals surface area contributed by atoms with E-state index in [1.807, 2.05) is 7.05 Å². The molecule has 2 N–H and O–H groups in total. The molecular weight excluding hydrogens is 226 g/mol. The zero-order valence-corrected chi connectivity index (χ0v) is 10.9. The predicted molar refractivity (Wildman–Crippen MR) is 65.6 cm³/mol. The summed E-state index contributed by atoms with van der Waals surface area (Å²) in [6.07, 6.45) is 1.37. The van der Waals surface area contributed by atoms with Gasteiger partial charge in [-0.05, 0) is 26.3 Å². The molecule has 1 atom stereocenters. The van der Waals surface area contributed by atoms with Gasteiger partial charge in [-0.15, -0.1) is 0 Å². The van der Waals surface area contributed by atoms with E-state index in [2.05, 4.69) is 17.3 Å². The first-order valence-corrected chi connectivity index (χ1v) is 6.03. The van der Waals surface area contributed by atoms with Crippen LogP contribution in [0.1, 0.15) is 31.5 Å². The second kappa shape index (κ2) is 6.23. The van der Waals surface area contributed by atoms with E-state index in [9.17, 15) is 0 Å². The van der Waals surface area contributed by atoms with Crippen molar-refractivity contribution in [1.82, 2.24) is 15.1 Å². The van der Waals surface area contributed by atoms with Crippen molar-refractivity contribution < 1.29 is 5.11 Å². The van der Waals surface area contributed by atoms with E-state index in [1.165, 1.54) is 0 Å². The molecule has 0 aromatic carbocycles. The van der Waals surface area contributed by atoms with Crippen LogP contribution in [0.3, 0.4) is 0 Å². The molecule has 1 aromatic heterocycles. The van der Waals surface area contributed by atoms with Gasteiger partial charge in [0.1, 0.15) is 5.15 Å². The zero-order chi connectivity index (χ0) is 12.1. The number of nitrogens with zero attached hydrogens (tertiary/aromatic N) is 2. The van der Waals surface area contributed by atoms with Gasteiger partial charge in [0.25, 0.3) is 0 Å². The fraction of sp³-hybridized carbons (Fsp3) is 0.727. The molecule has 1 heterocycles. The molecule has 16 heavy (non-hydrogen) atoms. The lowest BCUT2D eigenvalue weighted by Crippen LogP contribution is -2.19. The Morgan fingerprint density at radius 1 is 1.56 bits per heavy atom. The highest BCUT2D eigenvalue weighted by atomic mass is 35.5. The maximum absolute atomic E-state index is 9.13. The molecule has 4 nitrogen and oxygen atoms in total. The number of rotatable bonds is 6. The molecule has 1 rings (SSSR count). The quantitative estimate of drug-likeness (QED) is 0.747. The second-order valence-electron chi connectivity index (χ2n) is 4.01. The fourth-order valence-electron chi connectivity index (χ4n) is 1.58. The van der Waals surface area contributed by atoms with Crippen molar-refractivity contribution in [2.75, 3.05) is 6.54 Å². The van der Waals surface area contributed by atoms with E-state index in [0.717, 1.165) is 30.6 Å². The van der Waals surface area contributed by atoms with Crippen molar-refractivity contribution in [3.05, 3.63) is 16.4 Å². The van der Waals surface area contributed by atoms with Gasteiger partial charge in [0.05, 0.1) is 11.8 Å². The van der Waals surface area contributed by atoms with Gasteiger partial charge in [0, 0.05) is 19.2 Å². The minimum absolute atomic E-state index is 0.262. The van der Waals surface area contributed by atoms with Crippen LogP contribution >= 0.6 is 11.6 Å². The lowest BCUT2D eigenvalue weighted by atomic mass is 10.2. The SMILES string of the molecule is CCc1nn(C)c(Cl)c1CNCCC(C)O. The van der Waals surface area contributed by atoms with Gasteiger partial charge in [-0.2, -0.15) is 5.10 Å². The first kappa shape index (κ1) is 13.5. The molecule has 1 unspecified atom stereocenters. The average Bonchev–Trinajstić information content (AvgIpc) is 2.50. The molecule has 0 saturated heterocycles. The third-order valence-corrected chi connectivity index (χ3v) is 3.00. The minimum atomic E-state index is -0.262. The van der Waals surface area contributed by atoms with Gasteiger partial charge >= 0.3 is 0 Å². The normalized spacial score (nSPS) is 13.1. The average molecular weight is 246 g/mol. The summed E-state index contributed by atoms with van der Waals surface area (Å²) in [4.78, 5) is 0. The molecule has 0 aliphatic carbocycles. The number of aromatic nitrogens is 2. The van der Waals surface area contributed by atoms with Crippen LogP contribution < -0.4 is 5.32 Å². The van der Waals surface area contributed by atoms with Gasteiger partial charge < -0.3 is 10.4 Å². The number of hydrogen-bond acceptors (Lipinski definition) is 3. The minimum Gasteiger partial charge on any atom is -0.393 e. The number of hydrogen-bond donors (Lipinski definition) is 2. The Balaban J connectivity index is 2.52. The number of halogens is 1. The first-order chi connectivity index (χ1) is 7.56. The molecule has 0 fully saturated rings. The Bertz CT molecular complexity index is 336. The predicted octanol–water partition coefficient (Wildman–Crippen LogP) is 1.50. The molecule has 0 radical (unpaired) electrons. The van der Waals surface area contributed by atoms with Gasteiger partial charge in [-0.25, -0.2) is 0 Å². The molecule has 5 heteroatoms. The highest BCUT2D eigenvalue weighted by Crippen LogP contribution is 2.19. The van der Waals surface area contributed by atoms with Gasteiger partial charge in [0.15, 0.2) is 0 Å². The number of aliphatic hydroxyl groups excluding tert-OH is 1. The summed E-state index contributed by atoms with van der Waals surface area (Å²) in [6, 6.07) is 0. The van der Waals surface area contributed by atoms with Gasteiger partial charge in [0.2, 0.25) is 0 Å². The van der Waals surface area contributed by atoms with Crippen molar-refractivity contribution in [3.8, 4) is 0 Å². The van der Waals surface area contributed by atoms with Crippen LogP contribution in [0.2, 0.25) is 5.15 Å². The summed E-state index contributed by atoms with van der Waals surface area (Å²) >= 11 is 6.15. The summed E-state index contributed by atoms with van der Waals surface area (Å²) < 4.78 is 1.70. The molecule has 0 spiro atoms. The van der Waals surface area contributed by atoms with E-state index in [0.29, 0.717) is 11.7 Å². The maximum Gasteiger partial charge on any atom is 0.131 e.